The lowest BCUT2D eigenvalue weighted by Gasteiger charge is -2.19. The number of hydrogen-bond acceptors (Lipinski definition) is 4. The minimum absolute atomic E-state index is 0.404. The zero-order chi connectivity index (χ0) is 14.3. The Morgan fingerprint density at radius 1 is 1.21 bits per heavy atom. The summed E-state index contributed by atoms with van der Waals surface area (Å²) in [7, 11) is 0. The molecule has 8 heteroatoms. The maximum Gasteiger partial charge on any atom is 0.323 e. The van der Waals surface area contributed by atoms with Crippen LogP contribution < -0.4 is 16.4 Å². The van der Waals surface area contributed by atoms with Gasteiger partial charge in [-0.05, 0) is 25.8 Å². The number of carboxylic acids is 1. The average Bonchev–Trinajstić information content (AvgIpc) is 3.10. The van der Waals surface area contributed by atoms with Crippen LogP contribution in [0.25, 0.3) is 0 Å². The smallest absolute Gasteiger partial charge is 0.323 e. The molecule has 1 aliphatic carbocycles. The molecule has 0 radical (unpaired) electrons. The SMILES string of the molecule is NC(=O)CN(CC(=O)O)C(=O)NCCCNC1CC1. The third-order valence-corrected chi connectivity index (χ3v) is 2.60. The van der Waals surface area contributed by atoms with Gasteiger partial charge in [0.1, 0.15) is 13.1 Å². The quantitative estimate of drug-likeness (QED) is 0.389. The molecule has 0 unspecified atom stereocenters. The second kappa shape index (κ2) is 7.57. The van der Waals surface area contributed by atoms with E-state index in [1.54, 1.807) is 0 Å². The van der Waals surface area contributed by atoms with Crippen molar-refractivity contribution < 1.29 is 19.5 Å². The van der Waals surface area contributed by atoms with Crippen LogP contribution in [0.2, 0.25) is 0 Å². The van der Waals surface area contributed by atoms with Crippen molar-refractivity contribution in [3.8, 4) is 0 Å². The van der Waals surface area contributed by atoms with Crippen molar-refractivity contribution in [1.29, 1.82) is 0 Å². The lowest BCUT2D eigenvalue weighted by Crippen LogP contribution is -2.47. The van der Waals surface area contributed by atoms with Crippen molar-refractivity contribution in [1.82, 2.24) is 15.5 Å². The fourth-order valence-corrected chi connectivity index (χ4v) is 1.54. The standard InChI is InChI=1S/C11H20N4O4/c12-9(16)6-15(7-10(17)18)11(19)14-5-1-4-13-8-2-3-8/h8,13H,1-7H2,(H2,12,16)(H,14,19)(H,17,18). The summed E-state index contributed by atoms with van der Waals surface area (Å²) in [5.41, 5.74) is 4.96. The van der Waals surface area contributed by atoms with E-state index in [0.717, 1.165) is 17.9 Å². The van der Waals surface area contributed by atoms with E-state index < -0.39 is 31.0 Å². The second-order valence-electron chi connectivity index (χ2n) is 4.53. The molecule has 0 aromatic heterocycles. The number of rotatable bonds is 9. The number of nitrogens with zero attached hydrogens (tertiary/aromatic N) is 1. The number of carbonyl (C=O) groups is 3. The molecule has 0 heterocycles. The average molecular weight is 272 g/mol. The predicted molar refractivity (Wildman–Crippen MR) is 67.4 cm³/mol. The number of carboxylic acid groups (broad SMARTS) is 1. The van der Waals surface area contributed by atoms with Gasteiger partial charge in [0.05, 0.1) is 0 Å². The highest BCUT2D eigenvalue weighted by atomic mass is 16.4. The molecule has 108 valence electrons. The van der Waals surface area contributed by atoms with E-state index in [1.807, 2.05) is 0 Å². The number of nitrogens with two attached hydrogens (primary N) is 1. The summed E-state index contributed by atoms with van der Waals surface area (Å²) >= 11 is 0. The number of aliphatic carboxylic acids is 1. The summed E-state index contributed by atoms with van der Waals surface area (Å²) in [5, 5.41) is 14.5. The summed E-state index contributed by atoms with van der Waals surface area (Å²) in [6, 6.07) is 0.0293. The molecule has 5 N–H and O–H groups in total. The Balaban J connectivity index is 2.20. The number of primary amides is 1. The first-order valence-electron chi connectivity index (χ1n) is 6.25. The van der Waals surface area contributed by atoms with E-state index in [4.69, 9.17) is 10.8 Å². The van der Waals surface area contributed by atoms with Gasteiger partial charge in [-0.25, -0.2) is 4.79 Å². The molecule has 0 aliphatic heterocycles. The first-order valence-corrected chi connectivity index (χ1v) is 6.25. The van der Waals surface area contributed by atoms with Crippen LogP contribution in [0.15, 0.2) is 0 Å². The van der Waals surface area contributed by atoms with Crippen LogP contribution in [0, 0.1) is 0 Å². The van der Waals surface area contributed by atoms with Crippen LogP contribution >= 0.6 is 0 Å². The van der Waals surface area contributed by atoms with Crippen molar-refractivity contribution >= 4 is 17.9 Å². The number of urea groups is 1. The topological polar surface area (TPSA) is 125 Å². The Bertz CT molecular complexity index is 328. The summed E-state index contributed by atoms with van der Waals surface area (Å²) < 4.78 is 0. The largest absolute Gasteiger partial charge is 0.480 e. The van der Waals surface area contributed by atoms with Gasteiger partial charge in [-0.1, -0.05) is 0 Å². The van der Waals surface area contributed by atoms with Gasteiger partial charge >= 0.3 is 12.0 Å². The molecule has 1 aliphatic rings. The van der Waals surface area contributed by atoms with Gasteiger partial charge < -0.3 is 26.4 Å². The highest BCUT2D eigenvalue weighted by Crippen LogP contribution is 2.18. The molecule has 0 spiro atoms. The molecule has 0 saturated heterocycles. The molecular formula is C11H20N4O4. The minimum atomic E-state index is -1.19. The number of amides is 3. The van der Waals surface area contributed by atoms with E-state index in [9.17, 15) is 14.4 Å². The van der Waals surface area contributed by atoms with Crippen molar-refractivity contribution in [2.24, 2.45) is 5.73 Å². The van der Waals surface area contributed by atoms with Gasteiger partial charge in [-0.15, -0.1) is 0 Å². The normalized spacial score (nSPS) is 13.9. The maximum absolute atomic E-state index is 11.6. The molecule has 0 atom stereocenters. The van der Waals surface area contributed by atoms with Crippen LogP contribution in [-0.4, -0.2) is 60.1 Å². The number of carbonyl (C=O) groups excluding carboxylic acids is 2. The van der Waals surface area contributed by atoms with Crippen molar-refractivity contribution in [2.75, 3.05) is 26.2 Å². The zero-order valence-electron chi connectivity index (χ0n) is 10.7. The lowest BCUT2D eigenvalue weighted by molar-refractivity contribution is -0.137. The van der Waals surface area contributed by atoms with Gasteiger partial charge in [0.15, 0.2) is 0 Å². The van der Waals surface area contributed by atoms with Gasteiger partial charge in [0.25, 0.3) is 0 Å². The van der Waals surface area contributed by atoms with Crippen LogP contribution in [0.5, 0.6) is 0 Å². The molecular weight excluding hydrogens is 252 g/mol. The molecule has 3 amide bonds. The molecule has 1 fully saturated rings. The van der Waals surface area contributed by atoms with Gasteiger partial charge in [-0.3, -0.25) is 9.59 Å². The van der Waals surface area contributed by atoms with Crippen LogP contribution in [0.3, 0.4) is 0 Å². The Morgan fingerprint density at radius 2 is 1.89 bits per heavy atom. The minimum Gasteiger partial charge on any atom is -0.480 e. The van der Waals surface area contributed by atoms with Crippen molar-refractivity contribution in [3.63, 3.8) is 0 Å². The Kier molecular flexibility index (Phi) is 6.07. The van der Waals surface area contributed by atoms with Crippen LogP contribution in [-0.2, 0) is 9.59 Å². The van der Waals surface area contributed by atoms with Gasteiger partial charge in [0, 0.05) is 12.6 Å². The molecule has 0 bridgehead atoms. The summed E-state index contributed by atoms with van der Waals surface area (Å²) in [5.74, 6) is -1.93. The molecule has 1 rings (SSSR count). The van der Waals surface area contributed by atoms with E-state index in [1.165, 1.54) is 12.8 Å². The van der Waals surface area contributed by atoms with E-state index >= 15 is 0 Å². The van der Waals surface area contributed by atoms with Crippen LogP contribution in [0.1, 0.15) is 19.3 Å². The predicted octanol–water partition coefficient (Wildman–Crippen LogP) is -1.29. The van der Waals surface area contributed by atoms with E-state index in [-0.39, 0.29) is 0 Å². The molecule has 0 aromatic rings. The first kappa shape index (κ1) is 15.2. The highest BCUT2D eigenvalue weighted by molar-refractivity contribution is 5.85. The first-order chi connectivity index (χ1) is 8.99. The Hall–Kier alpha value is -1.83. The number of nitrogens with one attached hydrogen (secondary N) is 2. The van der Waals surface area contributed by atoms with E-state index in [0.29, 0.717) is 12.6 Å². The molecule has 0 aromatic carbocycles. The van der Waals surface area contributed by atoms with E-state index in [2.05, 4.69) is 10.6 Å². The van der Waals surface area contributed by atoms with Crippen molar-refractivity contribution in [3.05, 3.63) is 0 Å². The van der Waals surface area contributed by atoms with Gasteiger partial charge in [-0.2, -0.15) is 0 Å². The fourth-order valence-electron chi connectivity index (χ4n) is 1.54. The monoisotopic (exact) mass is 272 g/mol. The zero-order valence-corrected chi connectivity index (χ0v) is 10.7. The third kappa shape index (κ3) is 7.24. The lowest BCUT2D eigenvalue weighted by atomic mass is 10.4. The second-order valence-corrected chi connectivity index (χ2v) is 4.53. The summed E-state index contributed by atoms with van der Waals surface area (Å²) in [4.78, 5) is 33.8. The van der Waals surface area contributed by atoms with Crippen molar-refractivity contribution in [2.45, 2.75) is 25.3 Å². The third-order valence-electron chi connectivity index (χ3n) is 2.60. The Labute approximate surface area is 111 Å². The summed E-state index contributed by atoms with van der Waals surface area (Å²) in [6.07, 6.45) is 3.16. The summed E-state index contributed by atoms with van der Waals surface area (Å²) in [6.45, 7) is 0.278. The Morgan fingerprint density at radius 3 is 2.42 bits per heavy atom. The van der Waals surface area contributed by atoms with Gasteiger partial charge in [0.2, 0.25) is 5.91 Å². The molecule has 8 nitrogen and oxygen atoms in total. The van der Waals surface area contributed by atoms with Crippen LogP contribution in [0.4, 0.5) is 4.79 Å². The highest BCUT2D eigenvalue weighted by Gasteiger charge is 2.20. The fraction of sp³-hybridized carbons (Fsp3) is 0.727. The number of hydrogen-bond donors (Lipinski definition) is 4. The molecule has 19 heavy (non-hydrogen) atoms. The maximum atomic E-state index is 11.6. The molecule has 1 saturated carbocycles.